The maximum atomic E-state index is 14.4. The van der Waals surface area contributed by atoms with Gasteiger partial charge in [-0.1, -0.05) is 66.7 Å². The van der Waals surface area contributed by atoms with Gasteiger partial charge in [-0.05, 0) is 65.9 Å². The van der Waals surface area contributed by atoms with Crippen molar-refractivity contribution in [3.63, 3.8) is 0 Å². The van der Waals surface area contributed by atoms with E-state index in [2.05, 4.69) is 29.8 Å². The number of piperidine rings is 1. The van der Waals surface area contributed by atoms with Crippen molar-refractivity contribution < 1.29 is 32.9 Å². The molecule has 1 aliphatic heterocycles. The number of ketones is 1. The minimum Gasteiger partial charge on any atom is -0.611 e. The smallest absolute Gasteiger partial charge is 0.316 e. The lowest BCUT2D eigenvalue weighted by Crippen LogP contribution is -2.63. The molecular formula is C34H51N5O7S. The Bertz CT molecular complexity index is 1390. The number of hydrogen-bond acceptors (Lipinski definition) is 7. The summed E-state index contributed by atoms with van der Waals surface area (Å²) in [6.07, 6.45) is 7.80. The average molecular weight is 674 g/mol. The summed E-state index contributed by atoms with van der Waals surface area (Å²) in [4.78, 5) is 68.6. The highest BCUT2D eigenvalue weighted by atomic mass is 32.2. The summed E-state index contributed by atoms with van der Waals surface area (Å²) >= 11 is -1.39. The molecule has 0 aromatic carbocycles. The van der Waals surface area contributed by atoms with Crippen LogP contribution < -0.4 is 21.7 Å². The third kappa shape index (κ3) is 7.50. The molecule has 2 heterocycles. The van der Waals surface area contributed by atoms with E-state index < -0.39 is 63.9 Å². The van der Waals surface area contributed by atoms with Gasteiger partial charge in [-0.15, -0.1) is 0 Å². The largest absolute Gasteiger partial charge is 0.611 e. The predicted octanol–water partition coefficient (Wildman–Crippen LogP) is 2.93. The van der Waals surface area contributed by atoms with Crippen LogP contribution in [0.15, 0.2) is 21.6 Å². The fraction of sp³-hybridized carbons (Fsp3) is 0.735. The van der Waals surface area contributed by atoms with E-state index in [-0.39, 0.29) is 34.8 Å². The van der Waals surface area contributed by atoms with Gasteiger partial charge < -0.3 is 35.6 Å². The maximum absolute atomic E-state index is 14.4. The second-order valence-corrected chi connectivity index (χ2v) is 17.3. The molecular weight excluding hydrogens is 622 g/mol. The Balaban J connectivity index is 1.33. The number of furan rings is 1. The van der Waals surface area contributed by atoms with Gasteiger partial charge in [0.05, 0.1) is 17.8 Å². The number of urea groups is 1. The standard InChI is InChI=1S/C34H51N5O7S/c1-19-23(12-15-46-19)47(45)18-34(13-8-7-9-14-34)38-31(44)37-27(32(2,3)4)30(43)39-17-21-24(33(21,5)6)25(39)29(42)36-22(16-20-10-11-20)26(40)28(35)41/h12,15,20-22,24-25,27H,7-11,13-14,16-18H2,1-6H3,(H2,35,41)(H,36,42)(H2,37,38,44)/t21?,22?,24-,25-,27+,47?/m0/s1. The predicted molar refractivity (Wildman–Crippen MR) is 175 cm³/mol. The normalized spacial score (nSPS) is 26.4. The Hall–Kier alpha value is -3.06. The number of nitrogens with two attached hydrogens (primary N) is 1. The van der Waals surface area contributed by atoms with Crippen LogP contribution in [0.3, 0.4) is 0 Å². The van der Waals surface area contributed by atoms with Gasteiger partial charge in [-0.3, -0.25) is 19.2 Å². The monoisotopic (exact) mass is 673 g/mol. The number of likely N-dealkylation sites (tertiary alicyclic amines) is 1. The Kier molecular flexibility index (Phi) is 9.82. The first-order valence-electron chi connectivity index (χ1n) is 16.9. The Morgan fingerprint density at radius 2 is 1.77 bits per heavy atom. The molecule has 0 bridgehead atoms. The third-order valence-corrected chi connectivity index (χ3v) is 12.7. The summed E-state index contributed by atoms with van der Waals surface area (Å²) in [5.41, 5.74) is 3.70. The summed E-state index contributed by atoms with van der Waals surface area (Å²) < 4.78 is 18.7. The lowest BCUT2D eigenvalue weighted by atomic mass is 9.83. The fourth-order valence-corrected chi connectivity index (χ4v) is 9.45. The summed E-state index contributed by atoms with van der Waals surface area (Å²) in [6.45, 7) is 11.8. The lowest BCUT2D eigenvalue weighted by molar-refractivity contribution is -0.145. The number of primary amides is 1. The molecule has 0 spiro atoms. The number of nitrogens with zero attached hydrogens (tertiary/aromatic N) is 1. The number of amides is 5. The summed E-state index contributed by atoms with van der Waals surface area (Å²) in [6, 6.07) is -1.69. The maximum Gasteiger partial charge on any atom is 0.316 e. The van der Waals surface area contributed by atoms with Crippen LogP contribution in [0.5, 0.6) is 0 Å². The molecule has 1 aromatic heterocycles. The third-order valence-electron chi connectivity index (χ3n) is 10.9. The van der Waals surface area contributed by atoms with E-state index in [1.54, 1.807) is 17.9 Å². The van der Waals surface area contributed by atoms with Crippen LogP contribution in [0.2, 0.25) is 0 Å². The lowest BCUT2D eigenvalue weighted by Gasteiger charge is -2.40. The molecule has 6 atom stereocenters. The molecule has 4 fully saturated rings. The number of Topliss-reactive ketones (excluding diaryl/α,β-unsaturated/α-hetero) is 1. The zero-order chi connectivity index (χ0) is 34.5. The Morgan fingerprint density at radius 1 is 1.11 bits per heavy atom. The number of fused-ring (bicyclic) bond motifs is 1. The summed E-state index contributed by atoms with van der Waals surface area (Å²) in [7, 11) is 0. The molecule has 1 aromatic rings. The van der Waals surface area contributed by atoms with E-state index in [0.29, 0.717) is 36.5 Å². The average Bonchev–Trinajstić information content (AvgIpc) is 3.74. The van der Waals surface area contributed by atoms with Crippen LogP contribution >= 0.6 is 0 Å². The molecule has 5 N–H and O–H groups in total. The molecule has 12 nitrogen and oxygen atoms in total. The van der Waals surface area contributed by atoms with Gasteiger partial charge in [0, 0.05) is 12.6 Å². The highest BCUT2D eigenvalue weighted by Gasteiger charge is 2.70. The van der Waals surface area contributed by atoms with Crippen molar-refractivity contribution >= 4 is 40.7 Å². The molecule has 3 aliphatic carbocycles. The molecule has 3 unspecified atom stereocenters. The number of nitrogens with one attached hydrogen (secondary N) is 3. The topological polar surface area (TPSA) is 187 Å². The SMILES string of the molecule is Cc1occc1[S+]([O-])CC1(NC(=O)N[C@H](C(=O)N2CC3[C@@H]([C@H]2C(=O)NC(CC2CC2)C(=O)C(N)=O)C3(C)C)C(C)(C)C)CCCCC1. The second kappa shape index (κ2) is 13.1. The first-order valence-corrected chi connectivity index (χ1v) is 18.2. The van der Waals surface area contributed by atoms with Gasteiger partial charge in [-0.25, -0.2) is 4.79 Å². The first kappa shape index (κ1) is 35.3. The number of rotatable bonds is 12. The van der Waals surface area contributed by atoms with Gasteiger partial charge in [0.25, 0.3) is 5.91 Å². The molecule has 0 radical (unpaired) electrons. The van der Waals surface area contributed by atoms with Gasteiger partial charge in [-0.2, -0.15) is 0 Å². The molecule has 5 rings (SSSR count). The van der Waals surface area contributed by atoms with Crippen LogP contribution in [0.1, 0.15) is 91.7 Å². The van der Waals surface area contributed by atoms with Crippen LogP contribution in [0.4, 0.5) is 4.79 Å². The van der Waals surface area contributed by atoms with E-state index in [4.69, 9.17) is 10.2 Å². The zero-order valence-electron chi connectivity index (χ0n) is 28.5. The molecule has 1 saturated heterocycles. The van der Waals surface area contributed by atoms with Gasteiger partial charge in [0.1, 0.15) is 17.8 Å². The van der Waals surface area contributed by atoms with E-state index in [0.717, 1.165) is 32.1 Å². The van der Waals surface area contributed by atoms with E-state index >= 15 is 0 Å². The molecule has 47 heavy (non-hydrogen) atoms. The number of carbonyl (C=O) groups is 5. The summed E-state index contributed by atoms with van der Waals surface area (Å²) in [5.74, 6) is -1.78. The minimum absolute atomic E-state index is 0.0808. The fourth-order valence-electron chi connectivity index (χ4n) is 7.86. The summed E-state index contributed by atoms with van der Waals surface area (Å²) in [5, 5.41) is 8.85. The first-order chi connectivity index (χ1) is 21.9. The van der Waals surface area contributed by atoms with E-state index in [1.165, 1.54) is 6.26 Å². The van der Waals surface area contributed by atoms with Crippen molar-refractivity contribution in [1.29, 1.82) is 0 Å². The van der Waals surface area contributed by atoms with Crippen LogP contribution in [-0.4, -0.2) is 75.0 Å². The van der Waals surface area contributed by atoms with Crippen molar-refractivity contribution in [1.82, 2.24) is 20.9 Å². The molecule has 13 heteroatoms. The molecule has 3 saturated carbocycles. The number of hydrogen-bond donors (Lipinski definition) is 4. The number of aryl methyl sites for hydroxylation is 1. The Labute approximate surface area is 280 Å². The van der Waals surface area contributed by atoms with Crippen molar-refractivity contribution in [3.8, 4) is 0 Å². The quantitative estimate of drug-likeness (QED) is 0.194. The van der Waals surface area contributed by atoms with Gasteiger partial charge in [0.2, 0.25) is 17.6 Å². The van der Waals surface area contributed by atoms with E-state index in [9.17, 15) is 28.5 Å². The minimum atomic E-state index is -1.39. The molecule has 260 valence electrons. The Morgan fingerprint density at radius 3 is 2.32 bits per heavy atom. The van der Waals surface area contributed by atoms with Crippen molar-refractivity contribution in [2.24, 2.45) is 34.3 Å². The molecule has 5 amide bonds. The van der Waals surface area contributed by atoms with Gasteiger partial charge >= 0.3 is 6.03 Å². The highest BCUT2D eigenvalue weighted by molar-refractivity contribution is 7.91. The molecule has 4 aliphatic rings. The zero-order valence-corrected chi connectivity index (χ0v) is 29.3. The van der Waals surface area contributed by atoms with Crippen LogP contribution in [-0.2, 0) is 30.4 Å². The van der Waals surface area contributed by atoms with Crippen molar-refractivity contribution in [2.45, 2.75) is 121 Å². The van der Waals surface area contributed by atoms with Crippen molar-refractivity contribution in [2.75, 3.05) is 12.3 Å². The van der Waals surface area contributed by atoms with Crippen LogP contribution in [0, 0.1) is 35.5 Å². The highest BCUT2D eigenvalue weighted by Crippen LogP contribution is 2.65. The van der Waals surface area contributed by atoms with E-state index in [1.807, 2.05) is 20.8 Å². The number of carbonyl (C=O) groups excluding carboxylic acids is 5. The van der Waals surface area contributed by atoms with Crippen LogP contribution in [0.25, 0.3) is 0 Å². The van der Waals surface area contributed by atoms with Crippen molar-refractivity contribution in [3.05, 3.63) is 18.1 Å². The van der Waals surface area contributed by atoms with Gasteiger partial charge in [0.15, 0.2) is 10.7 Å². The second-order valence-electron chi connectivity index (χ2n) is 15.9.